The van der Waals surface area contributed by atoms with Crippen LogP contribution < -0.4 is 5.32 Å². The molecule has 7 nitrogen and oxygen atoms in total. The number of hydrogen-bond donors (Lipinski definition) is 2. The van der Waals surface area contributed by atoms with Crippen LogP contribution in [0.1, 0.15) is 52.6 Å². The lowest BCUT2D eigenvalue weighted by atomic mass is 9.98. The van der Waals surface area contributed by atoms with E-state index in [1.54, 1.807) is 11.0 Å². The van der Waals surface area contributed by atoms with Gasteiger partial charge in [0.05, 0.1) is 6.54 Å². The number of carbonyl (C=O) groups is 2. The second-order valence-electron chi connectivity index (χ2n) is 8.84. The molecule has 3 aromatic rings. The van der Waals surface area contributed by atoms with Crippen molar-refractivity contribution in [1.29, 1.82) is 0 Å². The number of nitrogens with one attached hydrogen (secondary N) is 1. The number of nitrogens with zero attached hydrogens (tertiary/aromatic N) is 1. The number of benzene rings is 2. The van der Waals surface area contributed by atoms with E-state index < -0.39 is 12.1 Å². The fraction of sp³-hybridized carbons (Fsp3) is 0.333. The number of amides is 1. The van der Waals surface area contributed by atoms with Gasteiger partial charge in [-0.25, -0.2) is 9.59 Å². The minimum absolute atomic E-state index is 0.0102. The molecule has 0 saturated carbocycles. The standard InChI is InChI=1S/C27H28N2O5/c30-26(31)25-12-11-19(34-25)16-29(18-6-5-14-28-15-13-18)27(32)33-17-24-22-9-3-1-7-20(22)21-8-2-4-10-23(21)24/h1-4,7-12,18,24,28H,5-6,13-17H2,(H,30,31). The maximum atomic E-state index is 13.4. The first-order valence-corrected chi connectivity index (χ1v) is 11.8. The van der Waals surface area contributed by atoms with Gasteiger partial charge in [0.15, 0.2) is 0 Å². The Labute approximate surface area is 198 Å². The Morgan fingerprint density at radius 3 is 2.35 bits per heavy atom. The topological polar surface area (TPSA) is 92.0 Å². The van der Waals surface area contributed by atoms with E-state index in [0.29, 0.717) is 5.76 Å². The molecule has 1 atom stereocenters. The second kappa shape index (κ2) is 9.73. The van der Waals surface area contributed by atoms with E-state index in [1.165, 1.54) is 28.3 Å². The zero-order chi connectivity index (χ0) is 23.5. The van der Waals surface area contributed by atoms with Crippen LogP contribution in [0, 0.1) is 0 Å². The summed E-state index contributed by atoms with van der Waals surface area (Å²) in [5, 5.41) is 12.6. The fourth-order valence-corrected chi connectivity index (χ4v) is 5.08. The Hall–Kier alpha value is -3.58. The summed E-state index contributed by atoms with van der Waals surface area (Å²) in [5.74, 6) is -0.845. The highest BCUT2D eigenvalue weighted by Gasteiger charge is 2.32. The van der Waals surface area contributed by atoms with Crippen LogP contribution in [0.2, 0.25) is 0 Å². The third-order valence-electron chi connectivity index (χ3n) is 6.76. The van der Waals surface area contributed by atoms with Crippen LogP contribution in [0.15, 0.2) is 65.1 Å². The number of ether oxygens (including phenoxy) is 1. The largest absolute Gasteiger partial charge is 0.475 e. The molecule has 1 aliphatic heterocycles. The quantitative estimate of drug-likeness (QED) is 0.545. The summed E-state index contributed by atoms with van der Waals surface area (Å²) in [4.78, 5) is 26.3. The van der Waals surface area contributed by atoms with Crippen molar-refractivity contribution in [2.24, 2.45) is 0 Å². The van der Waals surface area contributed by atoms with Gasteiger partial charge in [-0.15, -0.1) is 0 Å². The van der Waals surface area contributed by atoms with Gasteiger partial charge in [-0.2, -0.15) is 0 Å². The first-order valence-electron chi connectivity index (χ1n) is 11.8. The predicted molar refractivity (Wildman–Crippen MR) is 127 cm³/mol. The number of fused-ring (bicyclic) bond motifs is 3. The van der Waals surface area contributed by atoms with E-state index in [1.807, 2.05) is 24.3 Å². The zero-order valence-electron chi connectivity index (χ0n) is 18.9. The molecule has 5 rings (SSSR count). The first-order chi connectivity index (χ1) is 16.6. The van der Waals surface area contributed by atoms with Gasteiger partial charge in [0.2, 0.25) is 5.76 Å². The van der Waals surface area contributed by atoms with Crippen LogP contribution in [0.25, 0.3) is 11.1 Å². The number of carboxylic acids is 1. The van der Waals surface area contributed by atoms with Crippen molar-refractivity contribution >= 4 is 12.1 Å². The molecule has 1 unspecified atom stereocenters. The van der Waals surface area contributed by atoms with Gasteiger partial charge >= 0.3 is 12.1 Å². The van der Waals surface area contributed by atoms with Gasteiger partial charge < -0.3 is 19.6 Å². The normalized spacial score (nSPS) is 17.5. The van der Waals surface area contributed by atoms with E-state index >= 15 is 0 Å². The van der Waals surface area contributed by atoms with Gasteiger partial charge in [-0.3, -0.25) is 4.90 Å². The monoisotopic (exact) mass is 460 g/mol. The third-order valence-corrected chi connectivity index (χ3v) is 6.76. The lowest BCUT2D eigenvalue weighted by molar-refractivity contribution is 0.0649. The van der Waals surface area contributed by atoms with Crippen molar-refractivity contribution in [3.8, 4) is 11.1 Å². The summed E-state index contributed by atoms with van der Waals surface area (Å²) < 4.78 is 11.4. The van der Waals surface area contributed by atoms with E-state index in [4.69, 9.17) is 9.15 Å². The molecule has 0 spiro atoms. The van der Waals surface area contributed by atoms with Crippen LogP contribution in [-0.4, -0.2) is 47.8 Å². The molecule has 34 heavy (non-hydrogen) atoms. The molecule has 1 aliphatic carbocycles. The van der Waals surface area contributed by atoms with E-state index in [0.717, 1.165) is 32.4 Å². The molecule has 2 N–H and O–H groups in total. The van der Waals surface area contributed by atoms with Crippen LogP contribution in [0.4, 0.5) is 4.79 Å². The van der Waals surface area contributed by atoms with Crippen molar-refractivity contribution in [3.05, 3.63) is 83.3 Å². The van der Waals surface area contributed by atoms with E-state index in [-0.39, 0.29) is 30.9 Å². The SMILES string of the molecule is O=C(O)c1ccc(CN(C(=O)OCC2c3ccccc3-c3ccccc32)C2CCCNCC2)o1. The van der Waals surface area contributed by atoms with E-state index in [2.05, 4.69) is 29.6 Å². The summed E-state index contributed by atoms with van der Waals surface area (Å²) in [6.07, 6.45) is 2.21. The van der Waals surface area contributed by atoms with Crippen LogP contribution in [-0.2, 0) is 11.3 Å². The fourth-order valence-electron chi connectivity index (χ4n) is 5.08. The molecule has 176 valence electrons. The van der Waals surface area contributed by atoms with Crippen LogP contribution in [0.3, 0.4) is 0 Å². The molecular formula is C27H28N2O5. The molecule has 1 amide bonds. The average molecular weight is 461 g/mol. The summed E-state index contributed by atoms with van der Waals surface area (Å²) in [6, 6.07) is 19.5. The smallest absolute Gasteiger partial charge is 0.410 e. The summed E-state index contributed by atoms with van der Waals surface area (Å²) in [7, 11) is 0. The molecule has 0 bridgehead atoms. The lowest BCUT2D eigenvalue weighted by Gasteiger charge is -2.30. The molecular weight excluding hydrogens is 432 g/mol. The maximum Gasteiger partial charge on any atom is 0.410 e. The van der Waals surface area contributed by atoms with Gasteiger partial charge in [-0.05, 0) is 66.7 Å². The minimum atomic E-state index is -1.13. The van der Waals surface area contributed by atoms with E-state index in [9.17, 15) is 14.7 Å². The van der Waals surface area contributed by atoms with Gasteiger partial charge in [0.1, 0.15) is 12.4 Å². The van der Waals surface area contributed by atoms with Crippen LogP contribution >= 0.6 is 0 Å². The zero-order valence-corrected chi connectivity index (χ0v) is 18.9. The summed E-state index contributed by atoms with van der Waals surface area (Å²) >= 11 is 0. The summed E-state index contributed by atoms with van der Waals surface area (Å²) in [6.45, 7) is 2.15. The predicted octanol–water partition coefficient (Wildman–Crippen LogP) is 4.87. The number of hydrogen-bond acceptors (Lipinski definition) is 5. The van der Waals surface area contributed by atoms with Crippen LogP contribution in [0.5, 0.6) is 0 Å². The molecule has 2 aromatic carbocycles. The van der Waals surface area contributed by atoms with Gasteiger partial charge in [0.25, 0.3) is 0 Å². The number of carbonyl (C=O) groups excluding carboxylic acids is 1. The molecule has 1 saturated heterocycles. The number of carboxylic acid groups (broad SMARTS) is 1. The van der Waals surface area contributed by atoms with Crippen molar-refractivity contribution in [2.45, 2.75) is 37.8 Å². The molecule has 7 heteroatoms. The molecule has 1 fully saturated rings. The van der Waals surface area contributed by atoms with Crippen molar-refractivity contribution < 1.29 is 23.8 Å². The molecule has 1 aromatic heterocycles. The van der Waals surface area contributed by atoms with Gasteiger partial charge in [0, 0.05) is 12.0 Å². The molecule has 0 radical (unpaired) electrons. The Morgan fingerprint density at radius 1 is 0.971 bits per heavy atom. The Bertz CT molecular complexity index is 1130. The number of furan rings is 1. The third kappa shape index (κ3) is 4.43. The first kappa shape index (κ1) is 22.2. The highest BCUT2D eigenvalue weighted by Crippen LogP contribution is 2.44. The Kier molecular flexibility index (Phi) is 6.36. The van der Waals surface area contributed by atoms with Crippen molar-refractivity contribution in [1.82, 2.24) is 10.2 Å². The Morgan fingerprint density at radius 2 is 1.68 bits per heavy atom. The lowest BCUT2D eigenvalue weighted by Crippen LogP contribution is -2.41. The minimum Gasteiger partial charge on any atom is -0.475 e. The van der Waals surface area contributed by atoms with Crippen molar-refractivity contribution in [3.63, 3.8) is 0 Å². The highest BCUT2D eigenvalue weighted by atomic mass is 16.6. The average Bonchev–Trinajstić information content (AvgIpc) is 3.34. The summed E-state index contributed by atoms with van der Waals surface area (Å²) in [5.41, 5.74) is 4.70. The molecule has 2 heterocycles. The highest BCUT2D eigenvalue weighted by molar-refractivity contribution is 5.84. The second-order valence-corrected chi connectivity index (χ2v) is 8.84. The van der Waals surface area contributed by atoms with Gasteiger partial charge in [-0.1, -0.05) is 48.5 Å². The number of rotatable bonds is 6. The van der Waals surface area contributed by atoms with Crippen molar-refractivity contribution in [2.75, 3.05) is 19.7 Å². The Balaban J connectivity index is 1.35. The number of aromatic carboxylic acids is 1. The maximum absolute atomic E-state index is 13.4. The molecule has 2 aliphatic rings.